The predicted octanol–water partition coefficient (Wildman–Crippen LogP) is 19.8. The molecule has 0 aliphatic rings. The molecule has 15 rings (SSSR count). The maximum absolute atomic E-state index is 13.0. The summed E-state index contributed by atoms with van der Waals surface area (Å²) >= 11 is 3.57. The van der Waals surface area contributed by atoms with E-state index in [1.165, 1.54) is 66.1 Å². The zero-order chi connectivity index (χ0) is 59.8. The highest BCUT2D eigenvalue weighted by atomic mass is 79.9. The lowest BCUT2D eigenvalue weighted by Gasteiger charge is -2.08. The number of terminal acetylenes is 1. The number of halogens is 1. The van der Waals surface area contributed by atoms with E-state index in [1.807, 2.05) is 111 Å². The van der Waals surface area contributed by atoms with Gasteiger partial charge in [0.1, 0.15) is 0 Å². The number of ketones is 2. The third-order valence-electron chi connectivity index (χ3n) is 15.7. The van der Waals surface area contributed by atoms with Crippen LogP contribution in [0, 0.1) is 45.0 Å². The number of carbonyl (C=O) groups excluding carboxylic acids is 2. The minimum atomic E-state index is -0.484. The molecule has 3 radical (unpaired) electrons. The number of hydrogen-bond acceptors (Lipinski definition) is 2. The molecule has 0 saturated heterocycles. The normalized spacial score (nSPS) is 10.6. The molecule has 7 heteroatoms. The van der Waals surface area contributed by atoms with E-state index in [9.17, 15) is 9.59 Å². The minimum absolute atomic E-state index is 0. The van der Waals surface area contributed by atoms with Crippen molar-refractivity contribution in [1.29, 1.82) is 0 Å². The van der Waals surface area contributed by atoms with Crippen LogP contribution in [0.2, 0.25) is 0 Å². The maximum atomic E-state index is 13.0. The number of para-hydroxylation sites is 6. The van der Waals surface area contributed by atoms with Crippen LogP contribution in [-0.2, 0) is 0 Å². The number of nitrogens with zero attached hydrogens (tertiary/aromatic N) is 3. The van der Waals surface area contributed by atoms with Crippen LogP contribution in [0.25, 0.3) is 82.5 Å². The van der Waals surface area contributed by atoms with Crippen LogP contribution in [0.15, 0.2) is 296 Å². The first-order chi connectivity index (χ1) is 42.6. The number of benzene rings is 12. The summed E-state index contributed by atoms with van der Waals surface area (Å²) in [5, 5.41) is 7.05. The van der Waals surface area contributed by atoms with E-state index in [1.54, 1.807) is 18.2 Å². The second-order valence-electron chi connectivity index (χ2n) is 21.2. The Morgan fingerprint density at radius 1 is 0.341 bits per heavy atom. The first-order valence-corrected chi connectivity index (χ1v) is 29.6. The van der Waals surface area contributed by atoms with Crippen molar-refractivity contribution in [3.63, 3.8) is 0 Å². The quantitative estimate of drug-likeness (QED) is 0.0721. The highest BCUT2D eigenvalue weighted by Crippen LogP contribution is 2.36. The number of aromatic nitrogens is 3. The molecule has 0 amide bonds. The average molecular weight is 1200 g/mol. The molecule has 0 saturated carbocycles. The van der Waals surface area contributed by atoms with Gasteiger partial charge in [-0.25, -0.2) is 0 Å². The van der Waals surface area contributed by atoms with Crippen molar-refractivity contribution in [3.8, 4) is 41.2 Å². The van der Waals surface area contributed by atoms with E-state index in [4.69, 9.17) is 6.42 Å². The first kappa shape index (κ1) is 58.8. The van der Waals surface area contributed by atoms with Gasteiger partial charge in [0.15, 0.2) is 0 Å². The lowest BCUT2D eigenvalue weighted by Crippen LogP contribution is -2.15. The van der Waals surface area contributed by atoms with Gasteiger partial charge in [-0.05, 0) is 159 Å². The van der Waals surface area contributed by atoms with Gasteiger partial charge in [0, 0.05) is 90.1 Å². The van der Waals surface area contributed by atoms with Gasteiger partial charge in [-0.3, -0.25) is 9.59 Å². The minimum Gasteiger partial charge on any atom is -0.309 e. The largest absolute Gasteiger partial charge is 0.309 e. The van der Waals surface area contributed by atoms with Crippen LogP contribution < -0.4 is 0 Å². The van der Waals surface area contributed by atoms with Gasteiger partial charge in [0.25, 0.3) is 0 Å². The summed E-state index contributed by atoms with van der Waals surface area (Å²) in [6.07, 6.45) is 5.20. The molecule has 0 aliphatic carbocycles. The summed E-state index contributed by atoms with van der Waals surface area (Å²) in [6.45, 7) is 5.95. The Morgan fingerprint density at radius 3 is 1.18 bits per heavy atom. The van der Waals surface area contributed by atoms with Gasteiger partial charge in [-0.1, -0.05) is 204 Å². The fourth-order valence-electron chi connectivity index (χ4n) is 11.3. The molecule has 5 nitrogen and oxygen atoms in total. The SMILES string of the molecule is Brc1ccc2c(c1)c1ccccc1n2-c1ccccc1.C#Cc1ccccc1C.Cc1ccccc1C#Cc1ccc2c(c1)c1ccccc1n2-c1ccccc1.Cc1ccccc1C(=O)C(=O)c1ccc2c(c1)c1ccccc1n2-c1ccccc1.[B]. The van der Waals surface area contributed by atoms with Crippen LogP contribution in [0.5, 0.6) is 0 Å². The van der Waals surface area contributed by atoms with Crippen LogP contribution in [-0.4, -0.2) is 33.7 Å². The lowest BCUT2D eigenvalue weighted by atomic mass is 9.97. The van der Waals surface area contributed by atoms with Crippen molar-refractivity contribution >= 4 is 101 Å². The maximum Gasteiger partial charge on any atom is 0.233 e. The number of fused-ring (bicyclic) bond motifs is 9. The topological polar surface area (TPSA) is 48.9 Å². The van der Waals surface area contributed by atoms with Crippen molar-refractivity contribution in [2.75, 3.05) is 0 Å². The van der Waals surface area contributed by atoms with Crippen molar-refractivity contribution in [1.82, 2.24) is 13.7 Å². The highest BCUT2D eigenvalue weighted by Gasteiger charge is 2.22. The molecule has 15 aromatic rings. The number of rotatable bonds is 6. The van der Waals surface area contributed by atoms with Gasteiger partial charge in [0.2, 0.25) is 11.6 Å². The van der Waals surface area contributed by atoms with E-state index in [-0.39, 0.29) is 8.41 Å². The summed E-state index contributed by atoms with van der Waals surface area (Å²) in [5.41, 5.74) is 17.5. The second kappa shape index (κ2) is 26.5. The zero-order valence-electron chi connectivity index (χ0n) is 48.9. The van der Waals surface area contributed by atoms with Gasteiger partial charge in [-0.15, -0.1) is 6.42 Å². The molecule has 3 aromatic heterocycles. The third-order valence-corrected chi connectivity index (χ3v) is 16.2. The van der Waals surface area contributed by atoms with Crippen LogP contribution >= 0.6 is 15.9 Å². The Balaban J connectivity index is 0.000000128. The molecule has 419 valence electrons. The highest BCUT2D eigenvalue weighted by molar-refractivity contribution is 9.10. The molecule has 88 heavy (non-hydrogen) atoms. The molecule has 0 atom stereocenters. The van der Waals surface area contributed by atoms with Gasteiger partial charge >= 0.3 is 0 Å². The summed E-state index contributed by atoms with van der Waals surface area (Å²) in [4.78, 5) is 25.8. The molecule has 0 N–H and O–H groups in total. The summed E-state index contributed by atoms with van der Waals surface area (Å²) in [6, 6.07) is 98.2. The molecule has 0 bridgehead atoms. The first-order valence-electron chi connectivity index (χ1n) is 28.8. The lowest BCUT2D eigenvalue weighted by molar-refractivity contribution is 0.0816. The Morgan fingerprint density at radius 2 is 0.716 bits per heavy atom. The Bertz CT molecular complexity index is 5160. The van der Waals surface area contributed by atoms with E-state index in [0.717, 1.165) is 54.2 Å². The van der Waals surface area contributed by atoms with Crippen molar-refractivity contribution < 1.29 is 9.59 Å². The fraction of sp³-hybridized carbons (Fsp3) is 0.0370. The molecule has 3 heterocycles. The monoisotopic (exact) mass is 1190 g/mol. The van der Waals surface area contributed by atoms with E-state index in [0.29, 0.717) is 11.1 Å². The molecular formula is C81H58BBrN3O2. The van der Waals surface area contributed by atoms with Crippen molar-refractivity contribution in [2.45, 2.75) is 20.8 Å². The summed E-state index contributed by atoms with van der Waals surface area (Å²) < 4.78 is 7.93. The molecule has 12 aromatic carbocycles. The summed E-state index contributed by atoms with van der Waals surface area (Å²) in [7, 11) is 0. The standard InChI is InChI=1S/C27H19NO2.C27H19N.C18H12BrN.C9H8.B/c1-18-9-5-6-12-21(18)27(30)26(29)19-15-16-25-23(17-19)22-13-7-8-14-24(22)28(25)20-10-3-2-4-11-20;1-20-9-5-6-10-22(20)17-15-21-16-18-27-25(19-21)24-13-7-8-14-26(24)28(27)23-11-3-2-4-12-23;19-13-10-11-18-16(12-13)15-8-4-5-9-17(15)20(18)14-6-2-1-3-7-14;1-3-9-7-5-4-6-8(9)2;/h2-17H,1H3;2-14,16,18-19H,1H3;1-12H;1,4-7H,2H3;. The average Bonchev–Trinajstić information content (AvgIpc) is 1.87. The molecule has 0 fully saturated rings. The number of hydrogen-bond donors (Lipinski definition) is 0. The van der Waals surface area contributed by atoms with Crippen molar-refractivity contribution in [2.24, 2.45) is 0 Å². The zero-order valence-corrected chi connectivity index (χ0v) is 50.5. The Kier molecular flexibility index (Phi) is 17.7. The van der Waals surface area contributed by atoms with Crippen LogP contribution in [0.4, 0.5) is 0 Å². The van der Waals surface area contributed by atoms with E-state index < -0.39 is 11.6 Å². The van der Waals surface area contributed by atoms with Crippen LogP contribution in [0.3, 0.4) is 0 Å². The third kappa shape index (κ3) is 12.0. The van der Waals surface area contributed by atoms with Crippen LogP contribution in [0.1, 0.15) is 54.1 Å². The predicted molar refractivity (Wildman–Crippen MR) is 372 cm³/mol. The Hall–Kier alpha value is -11.0. The smallest absolute Gasteiger partial charge is 0.233 e. The molecule has 0 spiro atoms. The molecule has 0 unspecified atom stereocenters. The molecular weight excluding hydrogens is 1140 g/mol. The number of carbonyl (C=O) groups is 2. The number of aryl methyl sites for hydroxylation is 3. The van der Waals surface area contributed by atoms with Gasteiger partial charge < -0.3 is 13.7 Å². The second-order valence-corrected chi connectivity index (χ2v) is 22.1. The number of Topliss-reactive ketones (excluding diaryl/α,β-unsaturated/α-hetero) is 2. The van der Waals surface area contributed by atoms with Gasteiger partial charge in [-0.2, -0.15) is 0 Å². The van der Waals surface area contributed by atoms with E-state index in [2.05, 4.69) is 230 Å². The summed E-state index contributed by atoms with van der Waals surface area (Å²) in [5.74, 6) is 8.31. The fourth-order valence-corrected chi connectivity index (χ4v) is 11.7. The van der Waals surface area contributed by atoms with Gasteiger partial charge in [0.05, 0.1) is 33.1 Å². The van der Waals surface area contributed by atoms with E-state index >= 15 is 0 Å². The molecule has 0 aliphatic heterocycles. The van der Waals surface area contributed by atoms with Crippen molar-refractivity contribution in [3.05, 3.63) is 340 Å². The Labute approximate surface area is 523 Å².